The van der Waals surface area contributed by atoms with Crippen molar-refractivity contribution in [2.45, 2.75) is 45.9 Å². The predicted molar refractivity (Wildman–Crippen MR) is 86.0 cm³/mol. The van der Waals surface area contributed by atoms with Crippen LogP contribution in [-0.2, 0) is 5.31 Å². The van der Waals surface area contributed by atoms with Crippen LogP contribution in [0.15, 0.2) is 6.07 Å². The molecule has 0 bridgehead atoms. The van der Waals surface area contributed by atoms with E-state index in [-0.39, 0.29) is 5.31 Å². The maximum atomic E-state index is 4.66. The topological polar surface area (TPSA) is 30.2 Å². The van der Waals surface area contributed by atoms with E-state index in [1.165, 1.54) is 5.69 Å². The zero-order valence-corrected chi connectivity index (χ0v) is 13.9. The van der Waals surface area contributed by atoms with Gasteiger partial charge in [-0.05, 0) is 47.8 Å². The molecule has 0 amide bonds. The lowest BCUT2D eigenvalue weighted by atomic mass is 9.62. The minimum Gasteiger partial charge on any atom is -0.233 e. The summed E-state index contributed by atoms with van der Waals surface area (Å²) >= 11 is 2.34. The minimum atomic E-state index is 0.160. The highest BCUT2D eigenvalue weighted by molar-refractivity contribution is 14.1. The molecule has 0 saturated carbocycles. The lowest BCUT2D eigenvalue weighted by Gasteiger charge is -2.27. The molecular formula is C13H19BIN3. The first kappa shape index (κ1) is 13.8. The number of hydrogen-bond acceptors (Lipinski definition) is 2. The molecule has 0 radical (unpaired) electrons. The molecule has 2 heterocycles. The quantitative estimate of drug-likeness (QED) is 0.626. The maximum Gasteiger partial charge on any atom is 0.169 e. The van der Waals surface area contributed by atoms with Gasteiger partial charge in [0.25, 0.3) is 0 Å². The number of aryl methyl sites for hydroxylation is 2. The zero-order valence-electron chi connectivity index (χ0n) is 11.7. The Labute approximate surface area is 123 Å². The van der Waals surface area contributed by atoms with E-state index in [1.807, 2.05) is 11.4 Å². The highest BCUT2D eigenvalue weighted by atomic mass is 127. The monoisotopic (exact) mass is 355 g/mol. The Kier molecular flexibility index (Phi) is 3.71. The summed E-state index contributed by atoms with van der Waals surface area (Å²) in [5, 5.41) is 4.82. The third-order valence-electron chi connectivity index (χ3n) is 4.00. The summed E-state index contributed by atoms with van der Waals surface area (Å²) in [6, 6.07) is 2.18. The van der Waals surface area contributed by atoms with Crippen molar-refractivity contribution >= 4 is 36.1 Å². The maximum absolute atomic E-state index is 4.66. The van der Waals surface area contributed by atoms with Crippen molar-refractivity contribution in [2.24, 2.45) is 0 Å². The summed E-state index contributed by atoms with van der Waals surface area (Å²) in [6.07, 6.45) is 2.22. The summed E-state index contributed by atoms with van der Waals surface area (Å²) < 4.78 is 3.20. The van der Waals surface area contributed by atoms with Crippen LogP contribution in [0.1, 0.15) is 43.8 Å². The Bertz CT molecular complexity index is 587. The SMILES string of the molecule is BC(CC)(CC)c1cc(C)nc2c(I)c(C)nn12. The third kappa shape index (κ3) is 2.06. The van der Waals surface area contributed by atoms with Gasteiger partial charge in [0.05, 0.1) is 9.26 Å². The van der Waals surface area contributed by atoms with Gasteiger partial charge in [-0.3, -0.25) is 0 Å². The summed E-state index contributed by atoms with van der Waals surface area (Å²) in [7, 11) is 2.31. The average Bonchev–Trinajstić information content (AvgIpc) is 2.64. The van der Waals surface area contributed by atoms with Crippen LogP contribution in [-0.4, -0.2) is 22.4 Å². The molecule has 2 aromatic rings. The fourth-order valence-electron chi connectivity index (χ4n) is 2.26. The van der Waals surface area contributed by atoms with Gasteiger partial charge >= 0.3 is 0 Å². The number of rotatable bonds is 3. The van der Waals surface area contributed by atoms with Crippen molar-refractivity contribution in [1.29, 1.82) is 0 Å². The molecule has 0 aromatic carbocycles. The summed E-state index contributed by atoms with van der Waals surface area (Å²) in [5.74, 6) is 0. The summed E-state index contributed by atoms with van der Waals surface area (Å²) in [5.41, 5.74) is 4.41. The lowest BCUT2D eigenvalue weighted by molar-refractivity contribution is 0.530. The molecule has 18 heavy (non-hydrogen) atoms. The molecule has 0 aliphatic heterocycles. The van der Waals surface area contributed by atoms with Gasteiger partial charge < -0.3 is 0 Å². The van der Waals surface area contributed by atoms with E-state index in [9.17, 15) is 0 Å². The first-order valence-electron chi connectivity index (χ1n) is 6.46. The normalized spacial score (nSPS) is 12.3. The zero-order chi connectivity index (χ0) is 13.5. The second-order valence-electron chi connectivity index (χ2n) is 5.19. The number of nitrogens with zero attached hydrogens (tertiary/aromatic N) is 3. The van der Waals surface area contributed by atoms with E-state index in [4.69, 9.17) is 0 Å². The smallest absolute Gasteiger partial charge is 0.169 e. The largest absolute Gasteiger partial charge is 0.233 e. The second-order valence-corrected chi connectivity index (χ2v) is 6.26. The van der Waals surface area contributed by atoms with Gasteiger partial charge in [-0.25, -0.2) is 9.50 Å². The van der Waals surface area contributed by atoms with Crippen molar-refractivity contribution in [3.63, 3.8) is 0 Å². The van der Waals surface area contributed by atoms with Crippen molar-refractivity contribution in [3.05, 3.63) is 26.7 Å². The van der Waals surface area contributed by atoms with Crippen LogP contribution in [0.2, 0.25) is 0 Å². The first-order chi connectivity index (χ1) is 8.42. The van der Waals surface area contributed by atoms with Crippen molar-refractivity contribution in [2.75, 3.05) is 0 Å². The number of aromatic nitrogens is 3. The van der Waals surface area contributed by atoms with E-state index in [0.29, 0.717) is 0 Å². The standard InChI is InChI=1S/C13H19BIN3/c1-5-13(14,6-2)10-7-8(3)16-12-11(15)9(4)17-18(10)12/h7H,5-6,14H2,1-4H3. The molecule has 0 saturated heterocycles. The molecule has 0 unspecified atom stereocenters. The Morgan fingerprint density at radius 3 is 2.50 bits per heavy atom. The molecule has 96 valence electrons. The third-order valence-corrected chi connectivity index (χ3v) is 5.26. The van der Waals surface area contributed by atoms with E-state index in [2.05, 4.69) is 67.4 Å². The molecule has 0 aliphatic rings. The average molecular weight is 355 g/mol. The van der Waals surface area contributed by atoms with Gasteiger partial charge in [-0.2, -0.15) is 5.10 Å². The molecule has 0 atom stereocenters. The summed E-state index contributed by atoms with van der Waals surface area (Å²) in [4.78, 5) is 4.63. The fourth-order valence-corrected chi connectivity index (χ4v) is 2.72. The molecule has 0 N–H and O–H groups in total. The van der Waals surface area contributed by atoms with Gasteiger partial charge in [0.1, 0.15) is 7.85 Å². The highest BCUT2D eigenvalue weighted by Gasteiger charge is 2.27. The van der Waals surface area contributed by atoms with Crippen LogP contribution in [0.4, 0.5) is 0 Å². The molecule has 2 rings (SSSR count). The van der Waals surface area contributed by atoms with E-state index < -0.39 is 0 Å². The van der Waals surface area contributed by atoms with Gasteiger partial charge in [0.15, 0.2) is 5.65 Å². The Morgan fingerprint density at radius 1 is 1.33 bits per heavy atom. The molecule has 5 heteroatoms. The van der Waals surface area contributed by atoms with Crippen LogP contribution in [0.5, 0.6) is 0 Å². The van der Waals surface area contributed by atoms with Gasteiger partial charge in [0, 0.05) is 11.4 Å². The van der Waals surface area contributed by atoms with Crippen LogP contribution < -0.4 is 0 Å². The molecule has 0 spiro atoms. The second kappa shape index (κ2) is 4.83. The van der Waals surface area contributed by atoms with E-state index in [1.54, 1.807) is 0 Å². The fraction of sp³-hybridized carbons (Fsp3) is 0.538. The minimum absolute atomic E-state index is 0.160. The summed E-state index contributed by atoms with van der Waals surface area (Å²) in [6.45, 7) is 8.59. The molecule has 3 nitrogen and oxygen atoms in total. The Balaban J connectivity index is 2.82. The highest BCUT2D eigenvalue weighted by Crippen LogP contribution is 2.30. The van der Waals surface area contributed by atoms with Gasteiger partial charge in [0.2, 0.25) is 0 Å². The lowest BCUT2D eigenvalue weighted by Crippen LogP contribution is -2.28. The number of hydrogen-bond donors (Lipinski definition) is 0. The molecule has 0 aliphatic carbocycles. The van der Waals surface area contributed by atoms with Crippen molar-refractivity contribution < 1.29 is 0 Å². The van der Waals surface area contributed by atoms with Crippen LogP contribution >= 0.6 is 22.6 Å². The molecule has 0 fully saturated rings. The number of fused-ring (bicyclic) bond motifs is 1. The first-order valence-corrected chi connectivity index (χ1v) is 7.53. The van der Waals surface area contributed by atoms with Gasteiger partial charge in [-0.1, -0.05) is 26.7 Å². The van der Waals surface area contributed by atoms with E-state index in [0.717, 1.165) is 33.4 Å². The van der Waals surface area contributed by atoms with Crippen LogP contribution in [0.3, 0.4) is 0 Å². The van der Waals surface area contributed by atoms with Crippen molar-refractivity contribution in [3.8, 4) is 0 Å². The Hall–Kier alpha value is -0.585. The number of halogens is 1. The van der Waals surface area contributed by atoms with Crippen LogP contribution in [0, 0.1) is 17.4 Å². The van der Waals surface area contributed by atoms with Gasteiger partial charge in [-0.15, -0.1) is 0 Å². The predicted octanol–water partition coefficient (Wildman–Crippen LogP) is 2.60. The molecule has 2 aromatic heterocycles. The Morgan fingerprint density at radius 2 is 1.94 bits per heavy atom. The van der Waals surface area contributed by atoms with Crippen LogP contribution in [0.25, 0.3) is 5.65 Å². The van der Waals surface area contributed by atoms with Crippen molar-refractivity contribution in [1.82, 2.24) is 14.6 Å². The molecular weight excluding hydrogens is 336 g/mol. The van der Waals surface area contributed by atoms with E-state index >= 15 is 0 Å².